The van der Waals surface area contributed by atoms with Crippen molar-refractivity contribution in [2.24, 2.45) is 4.99 Å². The van der Waals surface area contributed by atoms with Crippen molar-refractivity contribution in [1.29, 1.82) is 0 Å². The van der Waals surface area contributed by atoms with Gasteiger partial charge in [-0.3, -0.25) is 0 Å². The molecule has 3 unspecified atom stereocenters. The summed E-state index contributed by atoms with van der Waals surface area (Å²) in [7, 11) is 2.18. The van der Waals surface area contributed by atoms with E-state index in [1.165, 1.54) is 42.5 Å². The Kier molecular flexibility index (Phi) is 4.84. The van der Waals surface area contributed by atoms with Crippen LogP contribution in [0.5, 0.6) is 0 Å². The highest BCUT2D eigenvalue weighted by Gasteiger charge is 2.41. The maximum Gasteiger partial charge on any atom is 0.191 e. The lowest BCUT2D eigenvalue weighted by Gasteiger charge is -2.27. The number of rotatable bonds is 4. The molecule has 2 saturated heterocycles. The van der Waals surface area contributed by atoms with Gasteiger partial charge in [-0.15, -0.1) is 0 Å². The molecule has 1 aromatic rings. The van der Waals surface area contributed by atoms with E-state index >= 15 is 0 Å². The molecule has 0 aromatic heterocycles. The van der Waals surface area contributed by atoms with Gasteiger partial charge in [0.05, 0.1) is 24.8 Å². The molecule has 3 atom stereocenters. The summed E-state index contributed by atoms with van der Waals surface area (Å²) in [4.78, 5) is 7.18. The Balaban J connectivity index is 1.42. The molecule has 3 aliphatic heterocycles. The highest BCUT2D eigenvalue weighted by atomic mass is 16.5. The lowest BCUT2D eigenvalue weighted by atomic mass is 9.96. The Hall–Kier alpha value is -1.75. The van der Waals surface area contributed by atoms with E-state index in [0.717, 1.165) is 25.5 Å². The molecular weight excluding hydrogens is 312 g/mol. The second-order valence-electron chi connectivity index (χ2n) is 7.54. The van der Waals surface area contributed by atoms with Crippen LogP contribution in [0.2, 0.25) is 0 Å². The Morgan fingerprint density at radius 1 is 1.36 bits per heavy atom. The molecule has 0 aliphatic carbocycles. The molecule has 2 N–H and O–H groups in total. The first-order valence-electron chi connectivity index (χ1n) is 9.76. The molecule has 3 aliphatic rings. The number of guanidine groups is 1. The quantitative estimate of drug-likeness (QED) is 0.652. The monoisotopic (exact) mass is 342 g/mol. The summed E-state index contributed by atoms with van der Waals surface area (Å²) in [6.07, 6.45) is 6.76. The van der Waals surface area contributed by atoms with Crippen LogP contribution in [0, 0.1) is 0 Å². The normalized spacial score (nSPS) is 28.2. The van der Waals surface area contributed by atoms with Crippen LogP contribution in [-0.2, 0) is 17.7 Å². The summed E-state index contributed by atoms with van der Waals surface area (Å²) < 4.78 is 5.95. The summed E-state index contributed by atoms with van der Waals surface area (Å²) in [6, 6.07) is 7.21. The number of hydrogen-bond acceptors (Lipinski definition) is 3. The summed E-state index contributed by atoms with van der Waals surface area (Å²) in [5.41, 5.74) is 4.12. The molecule has 5 nitrogen and oxygen atoms in total. The van der Waals surface area contributed by atoms with E-state index in [1.807, 2.05) is 0 Å². The number of nitrogens with one attached hydrogen (secondary N) is 2. The number of fused-ring (bicyclic) bond motifs is 3. The molecule has 2 bridgehead atoms. The molecule has 1 aromatic carbocycles. The highest BCUT2D eigenvalue weighted by molar-refractivity contribution is 5.80. The molecule has 0 amide bonds. The van der Waals surface area contributed by atoms with Crippen LogP contribution in [0.25, 0.3) is 0 Å². The Bertz CT molecular complexity index is 645. The van der Waals surface area contributed by atoms with Crippen LogP contribution in [0.4, 0.5) is 5.69 Å². The molecule has 0 radical (unpaired) electrons. The minimum Gasteiger partial charge on any atom is -0.374 e. The van der Waals surface area contributed by atoms with Crippen LogP contribution in [0.3, 0.4) is 0 Å². The van der Waals surface area contributed by atoms with E-state index in [1.54, 1.807) is 0 Å². The van der Waals surface area contributed by atoms with E-state index in [0.29, 0.717) is 24.8 Å². The van der Waals surface area contributed by atoms with Crippen LogP contribution in [-0.4, -0.2) is 44.3 Å². The van der Waals surface area contributed by atoms with Crippen LogP contribution in [0.1, 0.15) is 43.7 Å². The smallest absolute Gasteiger partial charge is 0.191 e. The zero-order valence-corrected chi connectivity index (χ0v) is 15.4. The van der Waals surface area contributed by atoms with Gasteiger partial charge >= 0.3 is 0 Å². The molecule has 136 valence electrons. The largest absolute Gasteiger partial charge is 0.374 e. The molecule has 0 saturated carbocycles. The number of anilines is 1. The van der Waals surface area contributed by atoms with Gasteiger partial charge in [0.2, 0.25) is 0 Å². The van der Waals surface area contributed by atoms with Gasteiger partial charge in [-0.05, 0) is 56.2 Å². The third kappa shape index (κ3) is 3.61. The Labute approximate surface area is 150 Å². The summed E-state index contributed by atoms with van der Waals surface area (Å²) in [5, 5.41) is 6.98. The van der Waals surface area contributed by atoms with Gasteiger partial charge in [-0.2, -0.15) is 0 Å². The van der Waals surface area contributed by atoms with E-state index in [-0.39, 0.29) is 0 Å². The Morgan fingerprint density at radius 3 is 3.04 bits per heavy atom. The molecule has 5 heteroatoms. The van der Waals surface area contributed by atoms with Gasteiger partial charge < -0.3 is 20.3 Å². The first-order chi connectivity index (χ1) is 12.2. The summed E-state index contributed by atoms with van der Waals surface area (Å²) in [6.45, 7) is 4.87. The molecule has 0 spiro atoms. The number of hydrogen-bond donors (Lipinski definition) is 2. The molecule has 25 heavy (non-hydrogen) atoms. The molecule has 2 fully saturated rings. The van der Waals surface area contributed by atoms with E-state index in [2.05, 4.69) is 47.7 Å². The Morgan fingerprint density at radius 2 is 2.28 bits per heavy atom. The molecule has 4 rings (SSSR count). The standard InChI is InChI=1S/C20H30N4O/c1-3-21-20(23-17-12-16-7-9-19(17)25-16)22-13-14-6-8-18-15(11-14)5-4-10-24(18)2/h6,8,11,16-17,19H,3-5,7,9-10,12-13H2,1-2H3,(H2,21,22,23). The highest BCUT2D eigenvalue weighted by Crippen LogP contribution is 2.34. The number of aliphatic imine (C=N–C) groups is 1. The number of ether oxygens (including phenoxy) is 1. The zero-order valence-electron chi connectivity index (χ0n) is 15.4. The first-order valence-corrected chi connectivity index (χ1v) is 9.76. The second-order valence-corrected chi connectivity index (χ2v) is 7.54. The fourth-order valence-corrected chi connectivity index (χ4v) is 4.39. The van der Waals surface area contributed by atoms with Crippen molar-refractivity contribution in [1.82, 2.24) is 10.6 Å². The van der Waals surface area contributed by atoms with Crippen molar-refractivity contribution in [3.8, 4) is 0 Å². The predicted molar refractivity (Wildman–Crippen MR) is 102 cm³/mol. The van der Waals surface area contributed by atoms with Crippen molar-refractivity contribution in [2.45, 2.75) is 63.8 Å². The van der Waals surface area contributed by atoms with Gasteiger partial charge in [-0.1, -0.05) is 12.1 Å². The third-order valence-electron chi connectivity index (χ3n) is 5.69. The van der Waals surface area contributed by atoms with Gasteiger partial charge in [0.15, 0.2) is 5.96 Å². The van der Waals surface area contributed by atoms with Gasteiger partial charge in [0.1, 0.15) is 0 Å². The third-order valence-corrected chi connectivity index (χ3v) is 5.69. The van der Waals surface area contributed by atoms with Crippen LogP contribution < -0.4 is 15.5 Å². The lowest BCUT2D eigenvalue weighted by Crippen LogP contribution is -2.47. The van der Waals surface area contributed by atoms with Crippen LogP contribution in [0.15, 0.2) is 23.2 Å². The number of nitrogens with zero attached hydrogens (tertiary/aromatic N) is 2. The number of aryl methyl sites for hydroxylation is 1. The summed E-state index contributed by atoms with van der Waals surface area (Å²) >= 11 is 0. The van der Waals surface area contributed by atoms with E-state index in [9.17, 15) is 0 Å². The zero-order chi connectivity index (χ0) is 17.2. The minimum atomic E-state index is 0.369. The summed E-state index contributed by atoms with van der Waals surface area (Å²) in [5.74, 6) is 0.915. The average Bonchev–Trinajstić information content (AvgIpc) is 3.23. The van der Waals surface area contributed by atoms with E-state index < -0.39 is 0 Å². The van der Waals surface area contributed by atoms with Crippen molar-refractivity contribution in [2.75, 3.05) is 25.0 Å². The van der Waals surface area contributed by atoms with E-state index in [4.69, 9.17) is 9.73 Å². The lowest BCUT2D eigenvalue weighted by molar-refractivity contribution is 0.0992. The van der Waals surface area contributed by atoms with Crippen molar-refractivity contribution >= 4 is 11.6 Å². The fourth-order valence-electron chi connectivity index (χ4n) is 4.39. The average molecular weight is 342 g/mol. The fraction of sp³-hybridized carbons (Fsp3) is 0.650. The van der Waals surface area contributed by atoms with Gasteiger partial charge in [0, 0.05) is 25.8 Å². The first kappa shape index (κ1) is 16.7. The van der Waals surface area contributed by atoms with Gasteiger partial charge in [-0.25, -0.2) is 4.99 Å². The minimum absolute atomic E-state index is 0.369. The second kappa shape index (κ2) is 7.24. The number of benzene rings is 1. The topological polar surface area (TPSA) is 48.9 Å². The SMILES string of the molecule is CCNC(=NCc1ccc2c(c1)CCCN2C)NC1CC2CCC1O2. The van der Waals surface area contributed by atoms with Crippen molar-refractivity contribution in [3.63, 3.8) is 0 Å². The van der Waals surface area contributed by atoms with Gasteiger partial charge in [0.25, 0.3) is 0 Å². The van der Waals surface area contributed by atoms with Crippen LogP contribution >= 0.6 is 0 Å². The van der Waals surface area contributed by atoms with Crippen molar-refractivity contribution in [3.05, 3.63) is 29.3 Å². The maximum absolute atomic E-state index is 5.95. The maximum atomic E-state index is 5.95. The molecule has 3 heterocycles. The van der Waals surface area contributed by atoms with Crippen molar-refractivity contribution < 1.29 is 4.74 Å². The predicted octanol–water partition coefficient (Wildman–Crippen LogP) is 2.44. The molecular formula is C20H30N4O.